The van der Waals surface area contributed by atoms with E-state index >= 15 is 0 Å². The second kappa shape index (κ2) is 6.00. The van der Waals surface area contributed by atoms with Crippen molar-refractivity contribution in [3.63, 3.8) is 0 Å². The summed E-state index contributed by atoms with van der Waals surface area (Å²) in [6.45, 7) is 6.69. The first kappa shape index (κ1) is 13.1. The molecule has 1 saturated heterocycles. The number of nitrogens with zero attached hydrogens (tertiary/aromatic N) is 3. The summed E-state index contributed by atoms with van der Waals surface area (Å²) >= 11 is 0. The fourth-order valence-electron chi connectivity index (χ4n) is 2.28. The van der Waals surface area contributed by atoms with E-state index in [0.29, 0.717) is 11.9 Å². The molecule has 1 aliphatic rings. The Bertz CT molecular complexity index is 397. The molecule has 0 amide bonds. The molecule has 100 valence electrons. The Kier molecular flexibility index (Phi) is 4.36. The minimum Gasteiger partial charge on any atom is -0.384 e. The van der Waals surface area contributed by atoms with Crippen LogP contribution in [0.25, 0.3) is 0 Å². The maximum absolute atomic E-state index is 5.87. The number of ether oxygens (including phenoxy) is 1. The highest BCUT2D eigenvalue weighted by atomic mass is 16.5. The van der Waals surface area contributed by atoms with Gasteiger partial charge in [0.25, 0.3) is 0 Å². The van der Waals surface area contributed by atoms with Crippen LogP contribution in [-0.2, 0) is 11.2 Å². The third-order valence-corrected chi connectivity index (χ3v) is 3.25. The van der Waals surface area contributed by atoms with Crippen LogP contribution in [0.4, 0.5) is 11.6 Å². The molecule has 2 rings (SSSR count). The number of nitrogen functional groups attached to an aromatic ring is 1. The number of aromatic nitrogens is 2. The average Bonchev–Trinajstić information content (AvgIpc) is 2.38. The van der Waals surface area contributed by atoms with Crippen molar-refractivity contribution in [3.05, 3.63) is 11.9 Å². The fraction of sp³-hybridized carbons (Fsp3) is 0.692. The van der Waals surface area contributed by atoms with Crippen LogP contribution in [0, 0.1) is 0 Å². The lowest BCUT2D eigenvalue weighted by Crippen LogP contribution is -2.45. The first-order chi connectivity index (χ1) is 8.74. The van der Waals surface area contributed by atoms with E-state index in [0.717, 1.165) is 50.7 Å². The van der Waals surface area contributed by atoms with E-state index in [1.165, 1.54) is 0 Å². The number of hydrogen-bond acceptors (Lipinski definition) is 5. The molecule has 1 aromatic rings. The zero-order valence-corrected chi connectivity index (χ0v) is 11.2. The lowest BCUT2D eigenvalue weighted by atomic mass is 10.2. The topological polar surface area (TPSA) is 64.3 Å². The molecule has 0 bridgehead atoms. The van der Waals surface area contributed by atoms with Gasteiger partial charge in [0.2, 0.25) is 0 Å². The molecule has 1 unspecified atom stereocenters. The SMILES string of the molecule is CCCc1nc(N)cc(N2CCOCC2CC)n1. The fourth-order valence-corrected chi connectivity index (χ4v) is 2.28. The van der Waals surface area contributed by atoms with Crippen molar-refractivity contribution in [1.29, 1.82) is 0 Å². The Morgan fingerprint density at radius 3 is 3.00 bits per heavy atom. The van der Waals surface area contributed by atoms with Gasteiger partial charge in [-0.25, -0.2) is 9.97 Å². The highest BCUT2D eigenvalue weighted by Crippen LogP contribution is 2.21. The second-order valence-corrected chi connectivity index (χ2v) is 4.65. The molecule has 2 heterocycles. The smallest absolute Gasteiger partial charge is 0.134 e. The van der Waals surface area contributed by atoms with E-state index in [-0.39, 0.29) is 0 Å². The summed E-state index contributed by atoms with van der Waals surface area (Å²) in [6.07, 6.45) is 2.95. The Morgan fingerprint density at radius 1 is 1.44 bits per heavy atom. The Hall–Kier alpha value is -1.36. The van der Waals surface area contributed by atoms with Crippen molar-refractivity contribution in [2.75, 3.05) is 30.4 Å². The molecule has 2 N–H and O–H groups in total. The first-order valence-electron chi connectivity index (χ1n) is 6.72. The molecule has 0 aromatic carbocycles. The van der Waals surface area contributed by atoms with E-state index in [1.807, 2.05) is 6.07 Å². The molecule has 0 saturated carbocycles. The number of anilines is 2. The van der Waals surface area contributed by atoms with Crippen LogP contribution in [0.2, 0.25) is 0 Å². The van der Waals surface area contributed by atoms with E-state index in [1.54, 1.807) is 0 Å². The molecular weight excluding hydrogens is 228 g/mol. The van der Waals surface area contributed by atoms with Crippen LogP contribution >= 0.6 is 0 Å². The lowest BCUT2D eigenvalue weighted by Gasteiger charge is -2.36. The van der Waals surface area contributed by atoms with Crippen LogP contribution in [-0.4, -0.2) is 35.8 Å². The van der Waals surface area contributed by atoms with E-state index in [2.05, 4.69) is 28.7 Å². The summed E-state index contributed by atoms with van der Waals surface area (Å²) in [7, 11) is 0. The monoisotopic (exact) mass is 250 g/mol. The lowest BCUT2D eigenvalue weighted by molar-refractivity contribution is 0.0925. The van der Waals surface area contributed by atoms with Crippen LogP contribution in [0.5, 0.6) is 0 Å². The van der Waals surface area contributed by atoms with Crippen molar-refractivity contribution in [3.8, 4) is 0 Å². The maximum Gasteiger partial charge on any atom is 0.134 e. The predicted molar refractivity (Wildman–Crippen MR) is 72.7 cm³/mol. The molecule has 0 aliphatic carbocycles. The average molecular weight is 250 g/mol. The minimum atomic E-state index is 0.391. The third-order valence-electron chi connectivity index (χ3n) is 3.25. The zero-order valence-electron chi connectivity index (χ0n) is 11.2. The van der Waals surface area contributed by atoms with Gasteiger partial charge in [0.05, 0.1) is 19.3 Å². The van der Waals surface area contributed by atoms with Gasteiger partial charge >= 0.3 is 0 Å². The molecule has 0 radical (unpaired) electrons. The standard InChI is InChI=1S/C13H22N4O/c1-3-5-12-15-11(14)8-13(16-12)17-6-7-18-9-10(17)4-2/h8,10H,3-7,9H2,1-2H3,(H2,14,15,16). The normalized spacial score (nSPS) is 20.1. The van der Waals surface area contributed by atoms with Gasteiger partial charge in [-0.3, -0.25) is 0 Å². The number of rotatable bonds is 4. The largest absolute Gasteiger partial charge is 0.384 e. The predicted octanol–water partition coefficient (Wildman–Crippen LogP) is 1.63. The molecule has 1 aliphatic heterocycles. The van der Waals surface area contributed by atoms with Crippen LogP contribution in [0.1, 0.15) is 32.5 Å². The molecular formula is C13H22N4O. The quantitative estimate of drug-likeness (QED) is 0.879. The molecule has 1 fully saturated rings. The molecule has 18 heavy (non-hydrogen) atoms. The minimum absolute atomic E-state index is 0.391. The highest BCUT2D eigenvalue weighted by Gasteiger charge is 2.23. The number of aryl methyl sites for hydroxylation is 1. The van der Waals surface area contributed by atoms with Crippen molar-refractivity contribution < 1.29 is 4.74 Å². The van der Waals surface area contributed by atoms with Crippen molar-refractivity contribution >= 4 is 11.6 Å². The molecule has 0 spiro atoms. The number of hydrogen-bond donors (Lipinski definition) is 1. The maximum atomic E-state index is 5.87. The number of nitrogens with two attached hydrogens (primary N) is 1. The molecule has 5 nitrogen and oxygen atoms in total. The molecule has 1 aromatic heterocycles. The summed E-state index contributed by atoms with van der Waals surface area (Å²) in [5.74, 6) is 2.35. The Balaban J connectivity index is 2.24. The van der Waals surface area contributed by atoms with Crippen molar-refractivity contribution in [2.24, 2.45) is 0 Å². The first-order valence-corrected chi connectivity index (χ1v) is 6.72. The summed E-state index contributed by atoms with van der Waals surface area (Å²) in [5.41, 5.74) is 5.87. The van der Waals surface area contributed by atoms with Crippen LogP contribution in [0.15, 0.2) is 6.07 Å². The van der Waals surface area contributed by atoms with Crippen molar-refractivity contribution in [2.45, 2.75) is 39.2 Å². The summed E-state index contributed by atoms with van der Waals surface area (Å²) < 4.78 is 5.52. The molecule has 5 heteroatoms. The Morgan fingerprint density at radius 2 is 2.28 bits per heavy atom. The summed E-state index contributed by atoms with van der Waals surface area (Å²) in [6, 6.07) is 2.26. The van der Waals surface area contributed by atoms with Gasteiger partial charge in [-0.1, -0.05) is 13.8 Å². The summed E-state index contributed by atoms with van der Waals surface area (Å²) in [5, 5.41) is 0. The van der Waals surface area contributed by atoms with Gasteiger partial charge in [-0.05, 0) is 12.8 Å². The molecule has 1 atom stereocenters. The Labute approximate surface area is 108 Å². The van der Waals surface area contributed by atoms with E-state index in [9.17, 15) is 0 Å². The van der Waals surface area contributed by atoms with Gasteiger partial charge in [0.15, 0.2) is 0 Å². The number of morpholine rings is 1. The van der Waals surface area contributed by atoms with Gasteiger partial charge in [-0.15, -0.1) is 0 Å². The van der Waals surface area contributed by atoms with Gasteiger partial charge in [-0.2, -0.15) is 0 Å². The summed E-state index contributed by atoms with van der Waals surface area (Å²) in [4.78, 5) is 11.2. The van der Waals surface area contributed by atoms with Gasteiger partial charge in [0, 0.05) is 19.0 Å². The highest BCUT2D eigenvalue weighted by molar-refractivity contribution is 5.48. The second-order valence-electron chi connectivity index (χ2n) is 4.65. The van der Waals surface area contributed by atoms with Gasteiger partial charge < -0.3 is 15.4 Å². The van der Waals surface area contributed by atoms with Crippen molar-refractivity contribution in [1.82, 2.24) is 9.97 Å². The van der Waals surface area contributed by atoms with Crippen LogP contribution in [0.3, 0.4) is 0 Å². The zero-order chi connectivity index (χ0) is 13.0. The van der Waals surface area contributed by atoms with E-state index < -0.39 is 0 Å². The third kappa shape index (κ3) is 2.90. The van der Waals surface area contributed by atoms with E-state index in [4.69, 9.17) is 10.5 Å². The van der Waals surface area contributed by atoms with Gasteiger partial charge in [0.1, 0.15) is 17.5 Å². The van der Waals surface area contributed by atoms with Crippen LogP contribution < -0.4 is 10.6 Å².